The summed E-state index contributed by atoms with van der Waals surface area (Å²) in [6, 6.07) is 0. The fraction of sp³-hybridized carbons (Fsp3) is 0.778. The van der Waals surface area contributed by atoms with Crippen LogP contribution in [0.1, 0.15) is 72.1 Å². The first-order valence-electron chi connectivity index (χ1n) is 12.4. The quantitative estimate of drug-likeness (QED) is 0.630. The summed E-state index contributed by atoms with van der Waals surface area (Å²) in [4.78, 5) is 2.71. The number of fused-ring (bicyclic) bond motifs is 1. The van der Waals surface area contributed by atoms with Crippen molar-refractivity contribution in [2.45, 2.75) is 84.3 Å². The van der Waals surface area contributed by atoms with Crippen molar-refractivity contribution >= 4 is 0 Å². The predicted molar refractivity (Wildman–Crippen MR) is 124 cm³/mol. The van der Waals surface area contributed by atoms with Crippen LogP contribution >= 0.6 is 0 Å². The van der Waals surface area contributed by atoms with Gasteiger partial charge >= 0.3 is 0 Å². The van der Waals surface area contributed by atoms with Crippen LogP contribution < -0.4 is 0 Å². The first kappa shape index (κ1) is 22.3. The molecule has 2 N–H and O–H groups in total. The molecule has 1 unspecified atom stereocenters. The molecule has 1 saturated heterocycles. The molecule has 0 amide bonds. The van der Waals surface area contributed by atoms with Gasteiger partial charge in [0.15, 0.2) is 0 Å². The van der Waals surface area contributed by atoms with Gasteiger partial charge in [-0.2, -0.15) is 0 Å². The number of hydrogen-bond donors (Lipinski definition) is 2. The average molecular weight is 414 g/mol. The summed E-state index contributed by atoms with van der Waals surface area (Å²) in [5.41, 5.74) is 3.79. The highest BCUT2D eigenvalue weighted by Crippen LogP contribution is 2.59. The van der Waals surface area contributed by atoms with Crippen LogP contribution in [0.25, 0.3) is 0 Å². The number of rotatable bonds is 4. The van der Waals surface area contributed by atoms with Gasteiger partial charge in [0.2, 0.25) is 0 Å². The Labute approximate surface area is 183 Å². The third kappa shape index (κ3) is 4.36. The zero-order chi connectivity index (χ0) is 21.5. The van der Waals surface area contributed by atoms with E-state index < -0.39 is 12.2 Å². The molecular formula is C27H43NO2. The zero-order valence-electron chi connectivity index (χ0n) is 19.4. The normalized spacial score (nSPS) is 42.6. The van der Waals surface area contributed by atoms with Crippen molar-refractivity contribution in [3.8, 4) is 0 Å². The molecule has 3 aliphatic carbocycles. The van der Waals surface area contributed by atoms with Gasteiger partial charge < -0.3 is 15.1 Å². The molecule has 30 heavy (non-hydrogen) atoms. The van der Waals surface area contributed by atoms with Crippen molar-refractivity contribution in [1.82, 2.24) is 4.90 Å². The third-order valence-corrected chi connectivity index (χ3v) is 9.08. The van der Waals surface area contributed by atoms with Crippen LogP contribution in [0.2, 0.25) is 0 Å². The van der Waals surface area contributed by atoms with Gasteiger partial charge in [-0.3, -0.25) is 0 Å². The first-order valence-corrected chi connectivity index (χ1v) is 12.4. The van der Waals surface area contributed by atoms with Crippen LogP contribution in [0.3, 0.4) is 0 Å². The SMILES string of the molecule is C=C1[C@H](O)CC(=C/C=C2\CCC[C@]3(C)[C@@H](C(C)CN4CC[C@@H](C)C4)CC[C@@H]23)C[C@H]1O. The number of likely N-dealkylation sites (tertiary alicyclic amines) is 1. The maximum atomic E-state index is 10.2. The molecule has 4 aliphatic rings. The van der Waals surface area contributed by atoms with Crippen molar-refractivity contribution in [3.05, 3.63) is 35.5 Å². The van der Waals surface area contributed by atoms with Crippen molar-refractivity contribution in [3.63, 3.8) is 0 Å². The minimum absolute atomic E-state index is 0.438. The van der Waals surface area contributed by atoms with Crippen molar-refractivity contribution < 1.29 is 10.2 Å². The monoisotopic (exact) mass is 413 g/mol. The summed E-state index contributed by atoms with van der Waals surface area (Å²) < 4.78 is 0. The summed E-state index contributed by atoms with van der Waals surface area (Å²) in [6.07, 6.45) is 12.6. The van der Waals surface area contributed by atoms with Gasteiger partial charge in [0.25, 0.3) is 0 Å². The Morgan fingerprint density at radius 3 is 2.57 bits per heavy atom. The molecule has 0 spiro atoms. The third-order valence-electron chi connectivity index (χ3n) is 9.08. The zero-order valence-corrected chi connectivity index (χ0v) is 19.4. The van der Waals surface area contributed by atoms with E-state index in [-0.39, 0.29) is 0 Å². The van der Waals surface area contributed by atoms with Crippen molar-refractivity contribution in [1.29, 1.82) is 0 Å². The van der Waals surface area contributed by atoms with E-state index in [1.54, 1.807) is 5.57 Å². The largest absolute Gasteiger partial charge is 0.388 e. The molecule has 4 rings (SSSR count). The number of aliphatic hydroxyl groups excluding tert-OH is 2. The summed E-state index contributed by atoms with van der Waals surface area (Å²) in [5.74, 6) is 3.19. The van der Waals surface area contributed by atoms with Gasteiger partial charge in [-0.25, -0.2) is 0 Å². The Bertz CT molecular complexity index is 694. The Morgan fingerprint density at radius 1 is 1.17 bits per heavy atom. The highest BCUT2D eigenvalue weighted by molar-refractivity contribution is 5.29. The highest BCUT2D eigenvalue weighted by Gasteiger charge is 2.50. The lowest BCUT2D eigenvalue weighted by atomic mass is 9.61. The van der Waals surface area contributed by atoms with E-state index in [2.05, 4.69) is 44.4 Å². The maximum Gasteiger partial charge on any atom is 0.0809 e. The molecule has 3 nitrogen and oxygen atoms in total. The molecule has 7 atom stereocenters. The Morgan fingerprint density at radius 2 is 1.90 bits per heavy atom. The molecule has 0 radical (unpaired) electrons. The lowest BCUT2D eigenvalue weighted by Crippen LogP contribution is -2.39. The molecule has 4 fully saturated rings. The lowest BCUT2D eigenvalue weighted by molar-refractivity contribution is 0.0818. The van der Waals surface area contributed by atoms with Crippen molar-refractivity contribution in [2.75, 3.05) is 19.6 Å². The Hall–Kier alpha value is -0.900. The number of hydrogen-bond acceptors (Lipinski definition) is 3. The van der Waals surface area contributed by atoms with Gasteiger partial charge in [0.1, 0.15) is 0 Å². The van der Waals surface area contributed by atoms with E-state index in [1.165, 1.54) is 58.2 Å². The summed E-state index contributed by atoms with van der Waals surface area (Å²) in [6.45, 7) is 15.2. The summed E-state index contributed by atoms with van der Waals surface area (Å²) in [5, 5.41) is 20.3. The van der Waals surface area contributed by atoms with Crippen LogP contribution in [-0.4, -0.2) is 47.0 Å². The smallest absolute Gasteiger partial charge is 0.0809 e. The van der Waals surface area contributed by atoms with Crippen LogP contribution in [0, 0.1) is 29.1 Å². The van der Waals surface area contributed by atoms with Crippen LogP contribution in [0.5, 0.6) is 0 Å². The molecule has 3 saturated carbocycles. The molecule has 3 heteroatoms. The van der Waals surface area contributed by atoms with E-state index >= 15 is 0 Å². The summed E-state index contributed by atoms with van der Waals surface area (Å²) in [7, 11) is 0. The molecule has 0 aromatic carbocycles. The minimum atomic E-state index is -0.597. The number of allylic oxidation sites excluding steroid dienone is 3. The fourth-order valence-corrected chi connectivity index (χ4v) is 7.37. The molecule has 0 bridgehead atoms. The number of aliphatic hydroxyl groups is 2. The second-order valence-corrected chi connectivity index (χ2v) is 11.3. The fourth-order valence-electron chi connectivity index (χ4n) is 7.37. The van der Waals surface area contributed by atoms with E-state index in [4.69, 9.17) is 0 Å². The second-order valence-electron chi connectivity index (χ2n) is 11.3. The predicted octanol–water partition coefficient (Wildman–Crippen LogP) is 5.11. The van der Waals surface area contributed by atoms with E-state index in [9.17, 15) is 10.2 Å². The lowest BCUT2D eigenvalue weighted by Gasteiger charge is -2.45. The second kappa shape index (κ2) is 8.92. The molecule has 1 aliphatic heterocycles. The minimum Gasteiger partial charge on any atom is -0.388 e. The molecular weight excluding hydrogens is 370 g/mol. The van der Waals surface area contributed by atoms with Gasteiger partial charge in [-0.1, -0.05) is 50.6 Å². The Balaban J connectivity index is 1.45. The van der Waals surface area contributed by atoms with E-state index in [0.29, 0.717) is 29.7 Å². The van der Waals surface area contributed by atoms with Crippen LogP contribution in [0.15, 0.2) is 35.5 Å². The van der Waals surface area contributed by atoms with E-state index in [0.717, 1.165) is 23.3 Å². The first-order chi connectivity index (χ1) is 14.3. The molecule has 0 aromatic heterocycles. The summed E-state index contributed by atoms with van der Waals surface area (Å²) >= 11 is 0. The maximum absolute atomic E-state index is 10.2. The molecule has 1 heterocycles. The van der Waals surface area contributed by atoms with Crippen LogP contribution in [-0.2, 0) is 0 Å². The topological polar surface area (TPSA) is 43.7 Å². The molecule has 0 aromatic rings. The Kier molecular flexibility index (Phi) is 6.63. The van der Waals surface area contributed by atoms with E-state index in [1.807, 2.05) is 0 Å². The van der Waals surface area contributed by atoms with Crippen molar-refractivity contribution in [2.24, 2.45) is 29.1 Å². The van der Waals surface area contributed by atoms with Gasteiger partial charge in [-0.05, 0) is 92.6 Å². The highest BCUT2D eigenvalue weighted by atomic mass is 16.3. The molecule has 168 valence electrons. The average Bonchev–Trinajstić information content (AvgIpc) is 3.26. The number of nitrogens with zero attached hydrogens (tertiary/aromatic N) is 1. The van der Waals surface area contributed by atoms with Gasteiger partial charge in [0, 0.05) is 13.1 Å². The van der Waals surface area contributed by atoms with Gasteiger partial charge in [-0.15, -0.1) is 0 Å². The standard InChI is InChI=1S/C27H43NO2/c1-18-11-13-28(16-18)17-19(2)23-9-10-24-22(6-5-12-27(23,24)4)8-7-21-14-25(29)20(3)26(30)15-21/h7-8,18-19,23-26,29-30H,3,5-6,9-17H2,1-2,4H3/b22-8+/t18-,19?,23-,24+,25-,26-,27-/m1/s1. The van der Waals surface area contributed by atoms with Gasteiger partial charge in [0.05, 0.1) is 12.2 Å². The van der Waals surface area contributed by atoms with Crippen LogP contribution in [0.4, 0.5) is 0 Å².